The minimum Gasteiger partial charge on any atom is -0.346 e. The summed E-state index contributed by atoms with van der Waals surface area (Å²) in [4.78, 5) is 11.0. The summed E-state index contributed by atoms with van der Waals surface area (Å²) in [7, 11) is 0. The van der Waals surface area contributed by atoms with Crippen molar-refractivity contribution in [3.63, 3.8) is 0 Å². The molecule has 0 saturated heterocycles. The van der Waals surface area contributed by atoms with Crippen molar-refractivity contribution >= 4 is 17.5 Å². The van der Waals surface area contributed by atoms with Gasteiger partial charge in [0, 0.05) is 5.88 Å². The van der Waals surface area contributed by atoms with Crippen LogP contribution in [0, 0.1) is 5.41 Å². The number of amides is 1. The van der Waals surface area contributed by atoms with Crippen molar-refractivity contribution in [1.29, 1.82) is 0 Å². The summed E-state index contributed by atoms with van der Waals surface area (Å²) in [5, 5.41) is 1.77. The molecule has 0 aliphatic rings. The molecule has 1 amide bonds. The molecule has 6 heteroatoms. The maximum absolute atomic E-state index is 11.7. The van der Waals surface area contributed by atoms with Crippen LogP contribution < -0.4 is 5.32 Å². The smallest absolute Gasteiger partial charge is 0.346 e. The molecule has 13 heavy (non-hydrogen) atoms. The fourth-order valence-corrected chi connectivity index (χ4v) is 0.602. The first kappa shape index (κ1) is 12.6. The Morgan fingerprint density at radius 2 is 1.85 bits per heavy atom. The third-order valence-electron chi connectivity index (χ3n) is 1.40. The summed E-state index contributed by atoms with van der Waals surface area (Å²) < 4.78 is 35.0. The van der Waals surface area contributed by atoms with Crippen LogP contribution in [-0.4, -0.2) is 24.5 Å². The highest BCUT2D eigenvalue weighted by molar-refractivity contribution is 6.19. The largest absolute Gasteiger partial charge is 0.405 e. The van der Waals surface area contributed by atoms with Gasteiger partial charge in [0.15, 0.2) is 0 Å². The number of carbonyl (C=O) groups excluding carboxylic acids is 1. The highest BCUT2D eigenvalue weighted by Gasteiger charge is 2.32. The quantitative estimate of drug-likeness (QED) is 0.720. The topological polar surface area (TPSA) is 29.1 Å². The number of nitrogens with one attached hydrogen (secondary N) is 1. The van der Waals surface area contributed by atoms with Gasteiger partial charge in [-0.05, 0) is 13.8 Å². The molecular weight excluding hydrogens is 207 g/mol. The van der Waals surface area contributed by atoms with Gasteiger partial charge in [-0.2, -0.15) is 13.2 Å². The lowest BCUT2D eigenvalue weighted by Crippen LogP contribution is -2.42. The van der Waals surface area contributed by atoms with Crippen LogP contribution >= 0.6 is 11.6 Å². The Morgan fingerprint density at radius 3 is 2.15 bits per heavy atom. The molecule has 0 aromatic rings. The summed E-state index contributed by atoms with van der Waals surface area (Å²) in [6.45, 7) is 1.64. The summed E-state index contributed by atoms with van der Waals surface area (Å²) in [6, 6.07) is 0. The normalized spacial score (nSPS) is 12.8. The zero-order chi connectivity index (χ0) is 10.7. The number of hydrogen-bond donors (Lipinski definition) is 1. The molecule has 0 spiro atoms. The highest BCUT2D eigenvalue weighted by Crippen LogP contribution is 2.18. The van der Waals surface area contributed by atoms with E-state index in [0.29, 0.717) is 0 Å². The molecule has 0 saturated carbocycles. The van der Waals surface area contributed by atoms with Crippen LogP contribution in [0.25, 0.3) is 0 Å². The first-order valence-corrected chi connectivity index (χ1v) is 4.13. The average Bonchev–Trinajstić information content (AvgIpc) is 1.98. The van der Waals surface area contributed by atoms with Gasteiger partial charge < -0.3 is 5.32 Å². The molecule has 0 aromatic carbocycles. The number of carbonyl (C=O) groups is 1. The molecule has 0 bridgehead atoms. The second kappa shape index (κ2) is 4.17. The third kappa shape index (κ3) is 4.98. The number of rotatable bonds is 3. The van der Waals surface area contributed by atoms with E-state index in [1.54, 1.807) is 5.32 Å². The lowest BCUT2D eigenvalue weighted by atomic mass is 9.95. The molecule has 78 valence electrons. The predicted molar refractivity (Wildman–Crippen MR) is 43.6 cm³/mol. The SMILES string of the molecule is CC(C)(CCl)C(=O)NCC(F)(F)F. The van der Waals surface area contributed by atoms with Gasteiger partial charge in [-0.1, -0.05) is 0 Å². The van der Waals surface area contributed by atoms with E-state index in [1.807, 2.05) is 0 Å². The Balaban J connectivity index is 4.03. The standard InChI is InChI=1S/C7H11ClF3NO/c1-6(2,3-8)5(13)12-4-7(9,10)11/h3-4H2,1-2H3,(H,12,13). The van der Waals surface area contributed by atoms with E-state index >= 15 is 0 Å². The Labute approximate surface area is 79.4 Å². The third-order valence-corrected chi connectivity index (χ3v) is 2.07. The first-order chi connectivity index (χ1) is 5.69. The molecule has 0 aliphatic heterocycles. The van der Waals surface area contributed by atoms with Crippen LogP contribution in [0.5, 0.6) is 0 Å². The second-order valence-electron chi connectivity index (χ2n) is 3.32. The van der Waals surface area contributed by atoms with Gasteiger partial charge in [-0.25, -0.2) is 0 Å². The number of alkyl halides is 4. The maximum atomic E-state index is 11.7. The van der Waals surface area contributed by atoms with Crippen molar-refractivity contribution in [2.45, 2.75) is 20.0 Å². The lowest BCUT2D eigenvalue weighted by molar-refractivity contribution is -0.142. The fourth-order valence-electron chi connectivity index (χ4n) is 0.480. The van der Waals surface area contributed by atoms with Crippen molar-refractivity contribution in [3.8, 4) is 0 Å². The molecule has 0 radical (unpaired) electrons. The van der Waals surface area contributed by atoms with Crippen LogP contribution in [0.15, 0.2) is 0 Å². The average molecular weight is 218 g/mol. The molecule has 2 nitrogen and oxygen atoms in total. The zero-order valence-electron chi connectivity index (χ0n) is 7.33. The van der Waals surface area contributed by atoms with E-state index in [9.17, 15) is 18.0 Å². The second-order valence-corrected chi connectivity index (χ2v) is 3.58. The summed E-state index contributed by atoms with van der Waals surface area (Å²) >= 11 is 5.40. The number of halogens is 4. The van der Waals surface area contributed by atoms with Gasteiger partial charge in [0.05, 0.1) is 5.41 Å². The number of hydrogen-bond acceptors (Lipinski definition) is 1. The van der Waals surface area contributed by atoms with Gasteiger partial charge in [0.25, 0.3) is 0 Å². The molecule has 0 fully saturated rings. The Morgan fingerprint density at radius 1 is 1.38 bits per heavy atom. The van der Waals surface area contributed by atoms with E-state index in [0.717, 1.165) is 0 Å². The van der Waals surface area contributed by atoms with Crippen LogP contribution in [0.2, 0.25) is 0 Å². The molecule has 0 aromatic heterocycles. The van der Waals surface area contributed by atoms with Crippen molar-refractivity contribution < 1.29 is 18.0 Å². The zero-order valence-corrected chi connectivity index (χ0v) is 8.09. The summed E-state index contributed by atoms with van der Waals surface area (Å²) in [6.07, 6.45) is -4.38. The van der Waals surface area contributed by atoms with E-state index < -0.39 is 24.0 Å². The Hall–Kier alpha value is -0.450. The predicted octanol–water partition coefficient (Wildman–Crippen LogP) is 1.93. The van der Waals surface area contributed by atoms with Gasteiger partial charge in [0.2, 0.25) is 5.91 Å². The van der Waals surface area contributed by atoms with Crippen LogP contribution in [0.3, 0.4) is 0 Å². The van der Waals surface area contributed by atoms with Crippen molar-refractivity contribution in [3.05, 3.63) is 0 Å². The van der Waals surface area contributed by atoms with E-state index in [4.69, 9.17) is 11.6 Å². The maximum Gasteiger partial charge on any atom is 0.405 e. The molecule has 1 N–H and O–H groups in total. The van der Waals surface area contributed by atoms with Gasteiger partial charge in [-0.3, -0.25) is 4.79 Å². The molecule has 0 unspecified atom stereocenters. The van der Waals surface area contributed by atoms with Crippen molar-refractivity contribution in [2.24, 2.45) is 5.41 Å². The molecular formula is C7H11ClF3NO. The van der Waals surface area contributed by atoms with Crippen LogP contribution in [0.1, 0.15) is 13.8 Å². The van der Waals surface area contributed by atoms with Gasteiger partial charge >= 0.3 is 6.18 Å². The fraction of sp³-hybridized carbons (Fsp3) is 0.857. The van der Waals surface area contributed by atoms with Crippen molar-refractivity contribution in [2.75, 3.05) is 12.4 Å². The molecule has 0 atom stereocenters. The minimum atomic E-state index is -4.38. The lowest BCUT2D eigenvalue weighted by Gasteiger charge is -2.20. The van der Waals surface area contributed by atoms with E-state index in [2.05, 4.69) is 0 Å². The molecule has 0 heterocycles. The van der Waals surface area contributed by atoms with E-state index in [1.165, 1.54) is 13.8 Å². The Bertz CT molecular complexity index is 191. The van der Waals surface area contributed by atoms with Gasteiger partial charge in [0.1, 0.15) is 6.54 Å². The summed E-state index contributed by atoms with van der Waals surface area (Å²) in [5.74, 6) is -0.712. The highest BCUT2D eigenvalue weighted by atomic mass is 35.5. The molecule has 0 rings (SSSR count). The van der Waals surface area contributed by atoms with E-state index in [-0.39, 0.29) is 5.88 Å². The van der Waals surface area contributed by atoms with Crippen LogP contribution in [-0.2, 0) is 4.79 Å². The monoisotopic (exact) mass is 217 g/mol. The van der Waals surface area contributed by atoms with Crippen molar-refractivity contribution in [1.82, 2.24) is 5.32 Å². The minimum absolute atomic E-state index is 0.0172. The summed E-state index contributed by atoms with van der Waals surface area (Å²) in [5.41, 5.74) is -0.965. The first-order valence-electron chi connectivity index (χ1n) is 3.60. The molecule has 0 aliphatic carbocycles. The van der Waals surface area contributed by atoms with Gasteiger partial charge in [-0.15, -0.1) is 11.6 Å². The Kier molecular flexibility index (Phi) is 4.03. The van der Waals surface area contributed by atoms with Crippen LogP contribution in [0.4, 0.5) is 13.2 Å².